The summed E-state index contributed by atoms with van der Waals surface area (Å²) in [6.45, 7) is 1.28. The van der Waals surface area contributed by atoms with Gasteiger partial charge >= 0.3 is 0 Å². The van der Waals surface area contributed by atoms with Gasteiger partial charge in [0.15, 0.2) is 0 Å². The topological polar surface area (TPSA) is 15.3 Å². The van der Waals surface area contributed by atoms with Gasteiger partial charge in [0.1, 0.15) is 0 Å². The van der Waals surface area contributed by atoms with Crippen LogP contribution in [0.1, 0.15) is 44.9 Å². The molecule has 3 aliphatic carbocycles. The van der Waals surface area contributed by atoms with Crippen molar-refractivity contribution >= 4 is 0 Å². The van der Waals surface area contributed by atoms with Gasteiger partial charge in [0.05, 0.1) is 0 Å². The van der Waals surface area contributed by atoms with Crippen LogP contribution in [0.25, 0.3) is 0 Å². The third-order valence-corrected chi connectivity index (χ3v) is 4.80. The minimum absolute atomic E-state index is 0.889. The van der Waals surface area contributed by atoms with Crippen LogP contribution < -0.4 is 5.32 Å². The Labute approximate surface area is 93.4 Å². The summed E-state index contributed by atoms with van der Waals surface area (Å²) in [5.74, 6) is 0.955. The Balaban J connectivity index is 1.43. The van der Waals surface area contributed by atoms with E-state index in [9.17, 15) is 0 Å². The molecule has 3 aliphatic rings. The molecule has 15 heavy (non-hydrogen) atoms. The Bertz CT molecular complexity index is 221. The summed E-state index contributed by atoms with van der Waals surface area (Å²) < 4.78 is 0. The van der Waals surface area contributed by atoms with Gasteiger partial charge in [0, 0.05) is 18.1 Å². The minimum Gasteiger partial charge on any atom is -0.314 e. The standard InChI is InChI=1S/C13H24N2/c1-15(12-3-2-4-12)13-8-5-10(13)9-14-11-6-7-11/h10-14H,2-9H2,1H3. The van der Waals surface area contributed by atoms with E-state index >= 15 is 0 Å². The highest BCUT2D eigenvalue weighted by atomic mass is 15.2. The highest BCUT2D eigenvalue weighted by Crippen LogP contribution is 2.36. The second kappa shape index (κ2) is 4.06. The fraction of sp³-hybridized carbons (Fsp3) is 1.00. The zero-order valence-corrected chi connectivity index (χ0v) is 9.91. The summed E-state index contributed by atoms with van der Waals surface area (Å²) in [6, 6.07) is 2.72. The van der Waals surface area contributed by atoms with E-state index in [-0.39, 0.29) is 0 Å². The van der Waals surface area contributed by atoms with Crippen LogP contribution in [0, 0.1) is 5.92 Å². The molecule has 3 rings (SSSR count). The largest absolute Gasteiger partial charge is 0.314 e. The Morgan fingerprint density at radius 2 is 1.87 bits per heavy atom. The van der Waals surface area contributed by atoms with Crippen molar-refractivity contribution in [2.24, 2.45) is 5.92 Å². The summed E-state index contributed by atoms with van der Waals surface area (Å²) >= 11 is 0. The molecular weight excluding hydrogens is 184 g/mol. The van der Waals surface area contributed by atoms with Crippen molar-refractivity contribution < 1.29 is 0 Å². The van der Waals surface area contributed by atoms with Crippen LogP contribution in [0.5, 0.6) is 0 Å². The third-order valence-electron chi connectivity index (χ3n) is 4.80. The first-order chi connectivity index (χ1) is 7.34. The molecule has 2 heteroatoms. The summed E-state index contributed by atoms with van der Waals surface area (Å²) in [7, 11) is 2.36. The molecule has 0 bridgehead atoms. The van der Waals surface area contributed by atoms with Gasteiger partial charge in [0.25, 0.3) is 0 Å². The van der Waals surface area contributed by atoms with Crippen molar-refractivity contribution in [3.8, 4) is 0 Å². The normalized spacial score (nSPS) is 36.4. The van der Waals surface area contributed by atoms with Gasteiger partial charge < -0.3 is 10.2 Å². The van der Waals surface area contributed by atoms with Gasteiger partial charge in [-0.1, -0.05) is 6.42 Å². The lowest BCUT2D eigenvalue weighted by Crippen LogP contribution is -2.54. The molecule has 0 spiro atoms. The molecule has 0 aromatic rings. The lowest BCUT2D eigenvalue weighted by atomic mass is 9.76. The summed E-state index contributed by atoms with van der Waals surface area (Å²) in [5.41, 5.74) is 0. The summed E-state index contributed by atoms with van der Waals surface area (Å²) in [6.07, 6.45) is 10.1. The third kappa shape index (κ3) is 2.07. The van der Waals surface area contributed by atoms with Crippen LogP contribution in [-0.4, -0.2) is 36.6 Å². The first-order valence-corrected chi connectivity index (χ1v) is 6.80. The maximum Gasteiger partial charge on any atom is 0.0136 e. The Kier molecular flexibility index (Phi) is 2.73. The van der Waals surface area contributed by atoms with Gasteiger partial charge in [-0.2, -0.15) is 0 Å². The quantitative estimate of drug-likeness (QED) is 0.743. The molecule has 0 amide bonds. The van der Waals surface area contributed by atoms with Crippen molar-refractivity contribution in [2.75, 3.05) is 13.6 Å². The van der Waals surface area contributed by atoms with Crippen LogP contribution >= 0.6 is 0 Å². The number of hydrogen-bond acceptors (Lipinski definition) is 2. The number of hydrogen-bond donors (Lipinski definition) is 1. The van der Waals surface area contributed by atoms with Crippen molar-refractivity contribution in [1.82, 2.24) is 10.2 Å². The number of nitrogens with zero attached hydrogens (tertiary/aromatic N) is 1. The van der Waals surface area contributed by atoms with Crippen molar-refractivity contribution in [3.05, 3.63) is 0 Å². The minimum atomic E-state index is 0.889. The lowest BCUT2D eigenvalue weighted by Gasteiger charge is -2.48. The van der Waals surface area contributed by atoms with Crippen LogP contribution in [0.2, 0.25) is 0 Å². The molecule has 1 N–H and O–H groups in total. The first kappa shape index (κ1) is 10.1. The Hall–Kier alpha value is -0.0800. The highest BCUT2D eigenvalue weighted by molar-refractivity contribution is 4.94. The second-order valence-electron chi connectivity index (χ2n) is 5.84. The zero-order valence-electron chi connectivity index (χ0n) is 9.91. The molecule has 0 saturated heterocycles. The van der Waals surface area contributed by atoms with E-state index in [1.54, 1.807) is 0 Å². The van der Waals surface area contributed by atoms with E-state index in [4.69, 9.17) is 0 Å². The van der Waals surface area contributed by atoms with Crippen LogP contribution in [-0.2, 0) is 0 Å². The van der Waals surface area contributed by atoms with Gasteiger partial charge in [-0.25, -0.2) is 0 Å². The van der Waals surface area contributed by atoms with Crippen molar-refractivity contribution in [1.29, 1.82) is 0 Å². The highest BCUT2D eigenvalue weighted by Gasteiger charge is 2.38. The van der Waals surface area contributed by atoms with Gasteiger partial charge in [-0.15, -0.1) is 0 Å². The second-order valence-corrected chi connectivity index (χ2v) is 5.84. The Morgan fingerprint density at radius 3 is 2.33 bits per heavy atom. The maximum atomic E-state index is 3.69. The SMILES string of the molecule is CN(C1CCC1)C1CCC1CNC1CC1. The van der Waals surface area contributed by atoms with Crippen molar-refractivity contribution in [2.45, 2.75) is 63.1 Å². The lowest BCUT2D eigenvalue weighted by molar-refractivity contribution is 0.0213. The maximum absolute atomic E-state index is 3.69. The number of rotatable bonds is 5. The smallest absolute Gasteiger partial charge is 0.0136 e. The molecule has 2 unspecified atom stereocenters. The molecule has 2 atom stereocenters. The molecular formula is C13H24N2. The van der Waals surface area contributed by atoms with Gasteiger partial charge in [0.2, 0.25) is 0 Å². The van der Waals surface area contributed by atoms with E-state index in [1.807, 2.05) is 0 Å². The molecule has 86 valence electrons. The fourth-order valence-corrected chi connectivity index (χ4v) is 3.00. The van der Waals surface area contributed by atoms with E-state index < -0.39 is 0 Å². The number of nitrogens with one attached hydrogen (secondary N) is 1. The van der Waals surface area contributed by atoms with E-state index in [1.165, 1.54) is 51.5 Å². The molecule has 0 aliphatic heterocycles. The Morgan fingerprint density at radius 1 is 1.07 bits per heavy atom. The molecule has 0 aromatic carbocycles. The predicted octanol–water partition coefficient (Wildman–Crippen LogP) is 2.00. The van der Waals surface area contributed by atoms with Crippen LogP contribution in [0.4, 0.5) is 0 Å². The molecule has 0 heterocycles. The van der Waals surface area contributed by atoms with Crippen LogP contribution in [0.3, 0.4) is 0 Å². The van der Waals surface area contributed by atoms with Gasteiger partial charge in [-0.3, -0.25) is 0 Å². The van der Waals surface area contributed by atoms with E-state index in [2.05, 4.69) is 17.3 Å². The molecule has 3 saturated carbocycles. The molecule has 3 fully saturated rings. The first-order valence-electron chi connectivity index (χ1n) is 6.80. The fourth-order valence-electron chi connectivity index (χ4n) is 3.00. The predicted molar refractivity (Wildman–Crippen MR) is 62.9 cm³/mol. The van der Waals surface area contributed by atoms with Crippen molar-refractivity contribution in [3.63, 3.8) is 0 Å². The zero-order chi connectivity index (χ0) is 10.3. The van der Waals surface area contributed by atoms with Gasteiger partial charge in [-0.05, 0) is 58.0 Å². The van der Waals surface area contributed by atoms with E-state index in [0.717, 1.165) is 24.0 Å². The van der Waals surface area contributed by atoms with E-state index in [0.29, 0.717) is 0 Å². The molecule has 0 radical (unpaired) electrons. The average Bonchev–Trinajstić information content (AvgIpc) is 2.82. The monoisotopic (exact) mass is 208 g/mol. The summed E-state index contributed by atoms with van der Waals surface area (Å²) in [4.78, 5) is 2.69. The summed E-state index contributed by atoms with van der Waals surface area (Å²) in [5, 5.41) is 3.69. The van der Waals surface area contributed by atoms with Crippen LogP contribution in [0.15, 0.2) is 0 Å². The average molecular weight is 208 g/mol. The molecule has 2 nitrogen and oxygen atoms in total. The molecule has 0 aromatic heterocycles.